The van der Waals surface area contributed by atoms with Crippen LogP contribution in [0.25, 0.3) is 0 Å². The summed E-state index contributed by atoms with van der Waals surface area (Å²) >= 11 is 0. The third-order valence-corrected chi connectivity index (χ3v) is 6.07. The van der Waals surface area contributed by atoms with Gasteiger partial charge in [0.25, 0.3) is 0 Å². The van der Waals surface area contributed by atoms with Crippen LogP contribution in [0.2, 0.25) is 0 Å². The highest BCUT2D eigenvalue weighted by Crippen LogP contribution is 2.31. The van der Waals surface area contributed by atoms with Crippen LogP contribution in [0.1, 0.15) is 24.1 Å². The van der Waals surface area contributed by atoms with Gasteiger partial charge >= 0.3 is 5.97 Å². The number of hydrogen-bond acceptors (Lipinski definition) is 7. The molecule has 2 aromatic rings. The predicted octanol–water partition coefficient (Wildman–Crippen LogP) is 2.53. The van der Waals surface area contributed by atoms with Gasteiger partial charge in [0.05, 0.1) is 13.7 Å². The lowest BCUT2D eigenvalue weighted by Gasteiger charge is -2.39. The molecular formula is C25H30N4O4. The van der Waals surface area contributed by atoms with E-state index < -0.39 is 17.9 Å². The molecule has 0 radical (unpaired) electrons. The molecule has 2 heterocycles. The molecule has 1 saturated heterocycles. The largest absolute Gasteiger partial charge is 0.497 e. The maximum atomic E-state index is 13.0. The van der Waals surface area contributed by atoms with Gasteiger partial charge in [0.15, 0.2) is 5.92 Å². The fourth-order valence-corrected chi connectivity index (χ4v) is 4.20. The van der Waals surface area contributed by atoms with E-state index in [-0.39, 0.29) is 12.5 Å². The zero-order valence-corrected chi connectivity index (χ0v) is 19.3. The SMILES string of the molecule is CCOC(=O)[C@@H]1C(=O)NC(N2CCN(c3ccc(OC)cc3)CC2)=N[C@@H]1c1ccc(C)cc1. The lowest BCUT2D eigenvalue weighted by Crippen LogP contribution is -2.57. The Balaban J connectivity index is 1.53. The van der Waals surface area contributed by atoms with Crippen LogP contribution >= 0.6 is 0 Å². The fourth-order valence-electron chi connectivity index (χ4n) is 4.20. The van der Waals surface area contributed by atoms with E-state index in [1.807, 2.05) is 55.5 Å². The first kappa shape index (κ1) is 22.6. The number of esters is 1. The predicted molar refractivity (Wildman–Crippen MR) is 126 cm³/mol. The minimum atomic E-state index is -1.00. The number of rotatable bonds is 5. The maximum Gasteiger partial charge on any atom is 0.321 e. The van der Waals surface area contributed by atoms with E-state index in [1.165, 1.54) is 0 Å². The number of hydrogen-bond donors (Lipinski definition) is 1. The Kier molecular flexibility index (Phi) is 6.82. The van der Waals surface area contributed by atoms with Crippen LogP contribution < -0.4 is 15.0 Å². The van der Waals surface area contributed by atoms with Gasteiger partial charge in [0.1, 0.15) is 11.8 Å². The summed E-state index contributed by atoms with van der Waals surface area (Å²) in [4.78, 5) is 34.8. The average Bonchev–Trinajstić information content (AvgIpc) is 2.84. The molecule has 0 unspecified atom stereocenters. The first-order valence-electron chi connectivity index (χ1n) is 11.3. The first-order chi connectivity index (χ1) is 16.0. The molecule has 0 spiro atoms. The van der Waals surface area contributed by atoms with Crippen molar-refractivity contribution in [3.05, 3.63) is 59.7 Å². The topological polar surface area (TPSA) is 83.5 Å². The summed E-state index contributed by atoms with van der Waals surface area (Å²) in [6.07, 6.45) is 0. The molecule has 2 atom stereocenters. The van der Waals surface area contributed by atoms with Gasteiger partial charge in [-0.25, -0.2) is 4.99 Å². The van der Waals surface area contributed by atoms with Crippen molar-refractivity contribution in [1.29, 1.82) is 0 Å². The first-order valence-corrected chi connectivity index (χ1v) is 11.3. The van der Waals surface area contributed by atoms with Gasteiger partial charge in [-0.2, -0.15) is 0 Å². The Labute approximate surface area is 194 Å². The van der Waals surface area contributed by atoms with E-state index in [0.29, 0.717) is 19.0 Å². The number of methoxy groups -OCH3 is 1. The monoisotopic (exact) mass is 450 g/mol. The third-order valence-electron chi connectivity index (χ3n) is 6.07. The summed E-state index contributed by atoms with van der Waals surface area (Å²) in [5.74, 6) is -0.582. The Hall–Kier alpha value is -3.55. The smallest absolute Gasteiger partial charge is 0.321 e. The molecule has 0 saturated carbocycles. The highest BCUT2D eigenvalue weighted by molar-refractivity contribution is 6.08. The number of aliphatic imine (C=N–C) groups is 1. The highest BCUT2D eigenvalue weighted by atomic mass is 16.5. The van der Waals surface area contributed by atoms with Gasteiger partial charge in [-0.1, -0.05) is 29.8 Å². The Bertz CT molecular complexity index is 1010. The van der Waals surface area contributed by atoms with E-state index in [2.05, 4.69) is 15.1 Å². The maximum absolute atomic E-state index is 13.0. The van der Waals surface area contributed by atoms with Crippen LogP contribution in [0.3, 0.4) is 0 Å². The minimum absolute atomic E-state index is 0.215. The van der Waals surface area contributed by atoms with Crippen molar-refractivity contribution in [2.45, 2.75) is 19.9 Å². The van der Waals surface area contributed by atoms with Crippen molar-refractivity contribution in [3.8, 4) is 5.75 Å². The number of carbonyl (C=O) groups is 2. The number of nitrogens with one attached hydrogen (secondary N) is 1. The molecule has 2 aliphatic rings. The molecule has 8 heteroatoms. The van der Waals surface area contributed by atoms with Gasteiger partial charge in [0.2, 0.25) is 11.9 Å². The van der Waals surface area contributed by atoms with Gasteiger partial charge in [-0.3, -0.25) is 14.9 Å². The minimum Gasteiger partial charge on any atom is -0.497 e. The second-order valence-electron chi connectivity index (χ2n) is 8.20. The van der Waals surface area contributed by atoms with E-state index in [9.17, 15) is 9.59 Å². The number of carbonyl (C=O) groups excluding carboxylic acids is 2. The van der Waals surface area contributed by atoms with E-state index >= 15 is 0 Å². The van der Waals surface area contributed by atoms with Crippen molar-refractivity contribution < 1.29 is 19.1 Å². The number of piperazine rings is 1. The van der Waals surface area contributed by atoms with Crippen molar-refractivity contribution in [1.82, 2.24) is 10.2 Å². The molecule has 4 rings (SSSR count). The summed E-state index contributed by atoms with van der Waals surface area (Å²) in [6, 6.07) is 15.2. The number of anilines is 1. The van der Waals surface area contributed by atoms with Crippen LogP contribution in [0.5, 0.6) is 5.75 Å². The van der Waals surface area contributed by atoms with Crippen LogP contribution in [0, 0.1) is 12.8 Å². The lowest BCUT2D eigenvalue weighted by molar-refractivity contribution is -0.153. The second-order valence-corrected chi connectivity index (χ2v) is 8.20. The molecule has 1 N–H and O–H groups in total. The normalized spacial score (nSPS) is 20.7. The Morgan fingerprint density at radius 2 is 1.67 bits per heavy atom. The van der Waals surface area contributed by atoms with Crippen LogP contribution in [-0.4, -0.2) is 62.6 Å². The Morgan fingerprint density at radius 1 is 1.03 bits per heavy atom. The van der Waals surface area contributed by atoms with Crippen molar-refractivity contribution in [3.63, 3.8) is 0 Å². The number of benzene rings is 2. The summed E-state index contributed by atoms with van der Waals surface area (Å²) in [5.41, 5.74) is 3.05. The Morgan fingerprint density at radius 3 is 2.27 bits per heavy atom. The quantitative estimate of drug-likeness (QED) is 0.557. The third kappa shape index (κ3) is 4.94. The average molecular weight is 451 g/mol. The number of amides is 1. The summed E-state index contributed by atoms with van der Waals surface area (Å²) in [5, 5.41) is 2.86. The highest BCUT2D eigenvalue weighted by Gasteiger charge is 2.42. The number of guanidine groups is 1. The zero-order chi connectivity index (χ0) is 23.4. The van der Waals surface area contributed by atoms with Crippen LogP contribution in [0.15, 0.2) is 53.5 Å². The number of aryl methyl sites for hydroxylation is 1. The molecular weight excluding hydrogens is 420 g/mol. The van der Waals surface area contributed by atoms with E-state index in [4.69, 9.17) is 14.5 Å². The molecule has 2 aliphatic heterocycles. The van der Waals surface area contributed by atoms with Gasteiger partial charge < -0.3 is 19.3 Å². The standard InChI is InChI=1S/C25H30N4O4/c1-4-33-24(31)21-22(18-7-5-17(2)6-8-18)26-25(27-23(21)30)29-15-13-28(14-16-29)19-9-11-20(32-3)12-10-19/h5-12,21-22H,4,13-16H2,1-3H3,(H,26,27,30)/t21-,22+/m0/s1. The van der Waals surface area contributed by atoms with Crippen molar-refractivity contribution in [2.75, 3.05) is 44.8 Å². The van der Waals surface area contributed by atoms with Crippen LogP contribution in [0.4, 0.5) is 5.69 Å². The molecule has 0 aromatic heterocycles. The van der Waals surface area contributed by atoms with Crippen LogP contribution in [-0.2, 0) is 14.3 Å². The number of nitrogens with zero attached hydrogens (tertiary/aromatic N) is 3. The molecule has 8 nitrogen and oxygen atoms in total. The van der Waals surface area contributed by atoms with Gasteiger partial charge in [0, 0.05) is 31.9 Å². The van der Waals surface area contributed by atoms with Gasteiger partial charge in [-0.15, -0.1) is 0 Å². The summed E-state index contributed by atoms with van der Waals surface area (Å²) < 4.78 is 10.4. The lowest BCUT2D eigenvalue weighted by atomic mass is 9.91. The number of ether oxygens (including phenoxy) is 2. The van der Waals surface area contributed by atoms with Crippen molar-refractivity contribution >= 4 is 23.5 Å². The molecule has 0 bridgehead atoms. The molecule has 174 valence electrons. The van der Waals surface area contributed by atoms with Crippen molar-refractivity contribution in [2.24, 2.45) is 10.9 Å². The molecule has 1 fully saturated rings. The van der Waals surface area contributed by atoms with Gasteiger partial charge in [-0.05, 0) is 43.7 Å². The van der Waals surface area contributed by atoms with E-state index in [1.54, 1.807) is 14.0 Å². The second kappa shape index (κ2) is 9.94. The summed E-state index contributed by atoms with van der Waals surface area (Å²) in [7, 11) is 1.66. The van der Waals surface area contributed by atoms with E-state index in [0.717, 1.165) is 35.7 Å². The fraction of sp³-hybridized carbons (Fsp3) is 0.400. The summed E-state index contributed by atoms with van der Waals surface area (Å²) in [6.45, 7) is 6.93. The molecule has 1 amide bonds. The molecule has 0 aliphatic carbocycles. The molecule has 2 aromatic carbocycles. The molecule has 33 heavy (non-hydrogen) atoms. The zero-order valence-electron chi connectivity index (χ0n) is 19.3.